The van der Waals surface area contributed by atoms with E-state index in [-0.39, 0.29) is 0 Å². The van der Waals surface area contributed by atoms with E-state index in [4.69, 9.17) is 5.11 Å². The van der Waals surface area contributed by atoms with Crippen molar-refractivity contribution in [1.82, 2.24) is 9.47 Å². The summed E-state index contributed by atoms with van der Waals surface area (Å²) in [5, 5.41) is 9.07. The first kappa shape index (κ1) is 11.2. The van der Waals surface area contributed by atoms with E-state index in [1.54, 1.807) is 6.07 Å². The maximum Gasteiger partial charge on any atom is 0.352 e. The van der Waals surface area contributed by atoms with Crippen molar-refractivity contribution in [2.75, 3.05) is 19.6 Å². The number of aromatic nitrogens is 1. The summed E-state index contributed by atoms with van der Waals surface area (Å²) in [5.74, 6) is -0.835. The van der Waals surface area contributed by atoms with Crippen LogP contribution in [-0.4, -0.2) is 40.2 Å². The molecule has 0 aliphatic carbocycles. The highest BCUT2D eigenvalue weighted by atomic mass is 16.4. The van der Waals surface area contributed by atoms with Crippen LogP contribution < -0.4 is 0 Å². The Morgan fingerprint density at radius 3 is 3.12 bits per heavy atom. The molecule has 1 saturated heterocycles. The zero-order chi connectivity index (χ0) is 11.5. The first-order valence-corrected chi connectivity index (χ1v) is 5.85. The molecule has 1 aliphatic heterocycles. The number of likely N-dealkylation sites (N-methyl/N-ethyl adjacent to an activating group) is 1. The van der Waals surface area contributed by atoms with Gasteiger partial charge in [-0.2, -0.15) is 0 Å². The number of piperidine rings is 1. The predicted octanol–water partition coefficient (Wildman–Crippen LogP) is 1.84. The Kier molecular flexibility index (Phi) is 3.29. The lowest BCUT2D eigenvalue weighted by Gasteiger charge is -2.33. The molecule has 2 rings (SSSR count). The average Bonchev–Trinajstić information content (AvgIpc) is 2.78. The quantitative estimate of drug-likeness (QED) is 0.848. The van der Waals surface area contributed by atoms with Crippen LogP contribution in [0.4, 0.5) is 0 Å². The van der Waals surface area contributed by atoms with Crippen LogP contribution in [-0.2, 0) is 0 Å². The number of likely N-dealkylation sites (tertiary alicyclic amines) is 1. The molecule has 0 radical (unpaired) electrons. The second-order valence-electron chi connectivity index (χ2n) is 4.30. The Bertz CT molecular complexity index is 373. The van der Waals surface area contributed by atoms with Gasteiger partial charge in [0.2, 0.25) is 0 Å². The van der Waals surface area contributed by atoms with Crippen molar-refractivity contribution in [3.63, 3.8) is 0 Å². The molecule has 1 fully saturated rings. The Hall–Kier alpha value is -1.29. The van der Waals surface area contributed by atoms with Crippen LogP contribution in [0.2, 0.25) is 0 Å². The van der Waals surface area contributed by atoms with Crippen molar-refractivity contribution in [3.8, 4) is 0 Å². The topological polar surface area (TPSA) is 45.5 Å². The first-order valence-electron chi connectivity index (χ1n) is 5.85. The van der Waals surface area contributed by atoms with E-state index in [0.717, 1.165) is 32.5 Å². The molecule has 16 heavy (non-hydrogen) atoms. The van der Waals surface area contributed by atoms with Crippen LogP contribution in [0, 0.1) is 0 Å². The van der Waals surface area contributed by atoms with E-state index in [0.29, 0.717) is 11.7 Å². The monoisotopic (exact) mass is 222 g/mol. The van der Waals surface area contributed by atoms with Gasteiger partial charge in [-0.3, -0.25) is 0 Å². The van der Waals surface area contributed by atoms with Crippen LogP contribution in [0.1, 0.15) is 36.3 Å². The molecule has 0 saturated carbocycles. The van der Waals surface area contributed by atoms with Crippen molar-refractivity contribution in [2.24, 2.45) is 0 Å². The number of hydrogen-bond donors (Lipinski definition) is 1. The third-order valence-electron chi connectivity index (χ3n) is 3.32. The molecule has 1 aromatic rings. The first-order chi connectivity index (χ1) is 7.72. The SMILES string of the molecule is CCN1CCCC(n2cccc2C(=O)O)C1. The van der Waals surface area contributed by atoms with E-state index in [9.17, 15) is 4.79 Å². The minimum Gasteiger partial charge on any atom is -0.477 e. The maximum atomic E-state index is 11.0. The summed E-state index contributed by atoms with van der Waals surface area (Å²) in [4.78, 5) is 13.4. The summed E-state index contributed by atoms with van der Waals surface area (Å²) in [6, 6.07) is 3.80. The van der Waals surface area contributed by atoms with Gasteiger partial charge in [-0.15, -0.1) is 0 Å². The van der Waals surface area contributed by atoms with Gasteiger partial charge in [0.25, 0.3) is 0 Å². The predicted molar refractivity (Wildman–Crippen MR) is 61.8 cm³/mol. The highest BCUT2D eigenvalue weighted by Gasteiger charge is 2.22. The number of carbonyl (C=O) groups is 1. The van der Waals surface area contributed by atoms with E-state index in [2.05, 4.69) is 11.8 Å². The molecule has 4 nitrogen and oxygen atoms in total. The Morgan fingerprint density at radius 1 is 1.62 bits per heavy atom. The summed E-state index contributed by atoms with van der Waals surface area (Å²) in [6.07, 6.45) is 4.11. The fourth-order valence-corrected chi connectivity index (χ4v) is 2.44. The highest BCUT2D eigenvalue weighted by molar-refractivity contribution is 5.85. The fourth-order valence-electron chi connectivity index (χ4n) is 2.44. The normalized spacial score (nSPS) is 22.2. The van der Waals surface area contributed by atoms with E-state index in [1.165, 1.54) is 0 Å². The zero-order valence-corrected chi connectivity index (χ0v) is 9.59. The summed E-state index contributed by atoms with van der Waals surface area (Å²) in [5.41, 5.74) is 0.406. The minimum absolute atomic E-state index is 0.315. The van der Waals surface area contributed by atoms with Gasteiger partial charge >= 0.3 is 5.97 Å². The van der Waals surface area contributed by atoms with Crippen molar-refractivity contribution in [2.45, 2.75) is 25.8 Å². The number of carboxylic acids is 1. The lowest BCUT2D eigenvalue weighted by molar-refractivity contribution is 0.0677. The molecule has 0 spiro atoms. The molecule has 1 aliphatic rings. The minimum atomic E-state index is -0.835. The van der Waals surface area contributed by atoms with Crippen molar-refractivity contribution in [3.05, 3.63) is 24.0 Å². The van der Waals surface area contributed by atoms with Gasteiger partial charge in [0.05, 0.1) is 0 Å². The summed E-state index contributed by atoms with van der Waals surface area (Å²) in [6.45, 7) is 5.29. The number of nitrogens with zero attached hydrogens (tertiary/aromatic N) is 2. The van der Waals surface area contributed by atoms with Gasteiger partial charge in [0, 0.05) is 18.8 Å². The molecule has 1 unspecified atom stereocenters. The number of hydrogen-bond acceptors (Lipinski definition) is 2. The summed E-state index contributed by atoms with van der Waals surface area (Å²) >= 11 is 0. The lowest BCUT2D eigenvalue weighted by atomic mass is 10.1. The van der Waals surface area contributed by atoms with Gasteiger partial charge in [0.1, 0.15) is 5.69 Å². The Balaban J connectivity index is 2.16. The summed E-state index contributed by atoms with van der Waals surface area (Å²) in [7, 11) is 0. The molecular weight excluding hydrogens is 204 g/mol. The number of carboxylic acid groups (broad SMARTS) is 1. The van der Waals surface area contributed by atoms with E-state index in [1.807, 2.05) is 16.8 Å². The van der Waals surface area contributed by atoms with Crippen LogP contribution in [0.15, 0.2) is 18.3 Å². The molecule has 4 heteroatoms. The van der Waals surface area contributed by atoms with Crippen LogP contribution in [0.3, 0.4) is 0 Å². The highest BCUT2D eigenvalue weighted by Crippen LogP contribution is 2.23. The van der Waals surface area contributed by atoms with Gasteiger partial charge in [-0.1, -0.05) is 6.92 Å². The molecule has 1 aromatic heterocycles. The lowest BCUT2D eigenvalue weighted by Crippen LogP contribution is -2.36. The zero-order valence-electron chi connectivity index (χ0n) is 9.59. The maximum absolute atomic E-state index is 11.0. The molecule has 0 bridgehead atoms. The average molecular weight is 222 g/mol. The largest absolute Gasteiger partial charge is 0.477 e. The Labute approximate surface area is 95.5 Å². The molecule has 0 aromatic carbocycles. The Morgan fingerprint density at radius 2 is 2.44 bits per heavy atom. The molecule has 2 heterocycles. The molecule has 0 amide bonds. The molecule has 1 atom stereocenters. The van der Waals surface area contributed by atoms with Crippen molar-refractivity contribution < 1.29 is 9.90 Å². The van der Waals surface area contributed by atoms with Crippen LogP contribution in [0.5, 0.6) is 0 Å². The molecule has 1 N–H and O–H groups in total. The second kappa shape index (κ2) is 4.70. The number of rotatable bonds is 3. The van der Waals surface area contributed by atoms with Gasteiger partial charge in [0.15, 0.2) is 0 Å². The van der Waals surface area contributed by atoms with E-state index >= 15 is 0 Å². The van der Waals surface area contributed by atoms with Crippen LogP contribution >= 0.6 is 0 Å². The third-order valence-corrected chi connectivity index (χ3v) is 3.32. The van der Waals surface area contributed by atoms with Gasteiger partial charge in [-0.25, -0.2) is 4.79 Å². The third kappa shape index (κ3) is 2.11. The fraction of sp³-hybridized carbons (Fsp3) is 0.583. The van der Waals surface area contributed by atoms with Crippen LogP contribution in [0.25, 0.3) is 0 Å². The van der Waals surface area contributed by atoms with E-state index < -0.39 is 5.97 Å². The second-order valence-corrected chi connectivity index (χ2v) is 4.30. The smallest absolute Gasteiger partial charge is 0.352 e. The molecule has 88 valence electrons. The van der Waals surface area contributed by atoms with Crippen molar-refractivity contribution >= 4 is 5.97 Å². The van der Waals surface area contributed by atoms with Gasteiger partial charge < -0.3 is 14.6 Å². The van der Waals surface area contributed by atoms with Gasteiger partial charge in [-0.05, 0) is 38.1 Å². The summed E-state index contributed by atoms with van der Waals surface area (Å²) < 4.78 is 1.91. The number of aromatic carboxylic acids is 1. The standard InChI is InChI=1S/C12H18N2O2/c1-2-13-7-3-5-10(9-13)14-8-4-6-11(14)12(15)16/h4,6,8,10H,2-3,5,7,9H2,1H3,(H,15,16). The molecular formula is C12H18N2O2. The van der Waals surface area contributed by atoms with Crippen molar-refractivity contribution in [1.29, 1.82) is 0 Å².